The molecule has 2 aromatic carbocycles. The number of aliphatic hydroxyl groups is 2. The molecule has 18 nitrogen and oxygen atoms in total. The molecule has 5 aromatic heterocycles. The Morgan fingerprint density at radius 3 is 2.16 bits per heavy atom. The number of nitrogens with zero attached hydrogens (tertiary/aromatic N) is 9. The molecule has 6 heterocycles. The lowest BCUT2D eigenvalue weighted by Crippen LogP contribution is -2.29. The molecular formula is C44H51N13O5S. The highest BCUT2D eigenvalue weighted by atomic mass is 32.1. The second-order valence-corrected chi connectivity index (χ2v) is 17.6. The number of aromatic nitrogens is 9. The molecule has 3 fully saturated rings. The smallest absolute Gasteiger partial charge is 0.164 e. The zero-order valence-electron chi connectivity index (χ0n) is 34.9. The van der Waals surface area contributed by atoms with E-state index in [0.717, 1.165) is 76.1 Å². The maximum Gasteiger partial charge on any atom is 0.164 e. The van der Waals surface area contributed by atoms with Crippen molar-refractivity contribution >= 4 is 45.0 Å². The van der Waals surface area contributed by atoms with Gasteiger partial charge in [-0.1, -0.05) is 24.3 Å². The van der Waals surface area contributed by atoms with Crippen LogP contribution in [0.1, 0.15) is 60.0 Å². The lowest BCUT2D eigenvalue weighted by atomic mass is 10.1. The van der Waals surface area contributed by atoms with Gasteiger partial charge in [0.05, 0.1) is 41.8 Å². The van der Waals surface area contributed by atoms with Crippen LogP contribution in [0.4, 0.5) is 11.6 Å². The first-order valence-corrected chi connectivity index (χ1v) is 22.4. The molecule has 7 N–H and O–H groups in total. The predicted octanol–water partition coefficient (Wildman–Crippen LogP) is 4.68. The van der Waals surface area contributed by atoms with Crippen molar-refractivity contribution in [2.45, 2.75) is 74.9 Å². The van der Waals surface area contributed by atoms with Gasteiger partial charge in [-0.05, 0) is 63.4 Å². The standard InChI is InChI=1S/C44H51N13O5S/c1-46-18-30(59)24-62-32-7-3-5-26(15-32)40-53-42(51-27-10-12-60-13-11-27)35-20-50-57(44(35)55-40)36-16-33(36)37-21-47-38(63-37)22-48-41-34-19-49-56(28-8-9-28)43(34)54-39(52-41)25-4-2-6-31(14-25)61-23-29(58)17-45/h2-7,14-15,19-21,27-30,33,36,46,58-59H,8-13,16-18,22-24,45H2,1H3,(H,48,52,54)(H,51,53,55). The van der Waals surface area contributed by atoms with Gasteiger partial charge in [0, 0.05) is 60.5 Å². The maximum atomic E-state index is 10.2. The fourth-order valence-corrected chi connectivity index (χ4v) is 8.94. The SMILES string of the molecule is CNCC(O)COc1cccc(-c2nc(NC3CCOCC3)c3cnn(C4CC4c4cnc(CNc5nc(-c6cccc(OCC(O)CN)c6)nc6c5cnn6C5CC5)s4)c3n2)c1. The number of nitrogens with two attached hydrogens (primary N) is 1. The average Bonchev–Trinajstić information content (AvgIpc) is 4.17. The van der Waals surface area contributed by atoms with Crippen molar-refractivity contribution in [3.05, 3.63) is 77.0 Å². The molecule has 1 aliphatic heterocycles. The minimum Gasteiger partial charge on any atom is -0.491 e. The van der Waals surface area contributed by atoms with Crippen molar-refractivity contribution < 1.29 is 24.4 Å². The van der Waals surface area contributed by atoms with E-state index >= 15 is 0 Å². The number of ether oxygens (including phenoxy) is 3. The second-order valence-electron chi connectivity index (χ2n) is 16.4. The minimum absolute atomic E-state index is 0.0955. The Morgan fingerprint density at radius 2 is 1.48 bits per heavy atom. The summed E-state index contributed by atoms with van der Waals surface area (Å²) in [5, 5.41) is 42.7. The molecule has 0 amide bonds. The molecule has 19 heteroatoms. The van der Waals surface area contributed by atoms with Crippen LogP contribution in [0, 0.1) is 0 Å². The Bertz CT molecular complexity index is 2700. The minimum atomic E-state index is -0.750. The molecule has 0 bridgehead atoms. The maximum absolute atomic E-state index is 10.2. The van der Waals surface area contributed by atoms with Gasteiger partial charge in [0.1, 0.15) is 53.6 Å². The quantitative estimate of drug-likeness (QED) is 0.0648. The number of fused-ring (bicyclic) bond motifs is 2. The molecule has 328 valence electrons. The number of hydrogen-bond donors (Lipinski definition) is 6. The molecule has 2 saturated carbocycles. The van der Waals surface area contributed by atoms with Gasteiger partial charge in [-0.2, -0.15) is 10.2 Å². The number of likely N-dealkylation sites (N-methyl/N-ethyl adjacent to an activating group) is 1. The average molecular weight is 874 g/mol. The Balaban J connectivity index is 0.883. The molecule has 10 rings (SSSR count). The normalized spacial score (nSPS) is 18.7. The number of benzene rings is 2. The second kappa shape index (κ2) is 18.1. The Morgan fingerprint density at radius 1 is 0.825 bits per heavy atom. The first-order valence-electron chi connectivity index (χ1n) is 21.6. The topological polar surface area (TPSA) is 230 Å². The molecular weight excluding hydrogens is 823 g/mol. The fraction of sp³-hybridized carbons (Fsp3) is 0.432. The van der Waals surface area contributed by atoms with Crippen LogP contribution in [0.5, 0.6) is 11.5 Å². The summed E-state index contributed by atoms with van der Waals surface area (Å²) in [7, 11) is 1.80. The third kappa shape index (κ3) is 9.16. The van der Waals surface area contributed by atoms with E-state index in [1.54, 1.807) is 18.4 Å². The highest BCUT2D eigenvalue weighted by Crippen LogP contribution is 2.53. The Kier molecular flexibility index (Phi) is 11.8. The van der Waals surface area contributed by atoms with Crippen molar-refractivity contribution in [2.75, 3.05) is 57.2 Å². The van der Waals surface area contributed by atoms with Crippen molar-refractivity contribution in [3.63, 3.8) is 0 Å². The number of nitrogens with one attached hydrogen (secondary N) is 3. The van der Waals surface area contributed by atoms with E-state index in [9.17, 15) is 10.2 Å². The van der Waals surface area contributed by atoms with Crippen molar-refractivity contribution in [1.82, 2.24) is 49.8 Å². The van der Waals surface area contributed by atoms with E-state index in [2.05, 4.69) is 16.0 Å². The fourth-order valence-electron chi connectivity index (χ4n) is 7.91. The highest BCUT2D eigenvalue weighted by Gasteiger charge is 2.43. The van der Waals surface area contributed by atoms with Crippen LogP contribution in [0.25, 0.3) is 44.8 Å². The first-order chi connectivity index (χ1) is 30.9. The summed E-state index contributed by atoms with van der Waals surface area (Å²) >= 11 is 1.69. The number of thiazole rings is 1. The lowest BCUT2D eigenvalue weighted by molar-refractivity contribution is 0.0904. The van der Waals surface area contributed by atoms with Gasteiger partial charge < -0.3 is 46.1 Å². The van der Waals surface area contributed by atoms with E-state index in [0.29, 0.717) is 61.3 Å². The third-order valence-electron chi connectivity index (χ3n) is 11.6. The van der Waals surface area contributed by atoms with E-state index < -0.39 is 12.2 Å². The van der Waals surface area contributed by atoms with Gasteiger partial charge >= 0.3 is 0 Å². The van der Waals surface area contributed by atoms with Crippen LogP contribution in [-0.2, 0) is 11.3 Å². The largest absolute Gasteiger partial charge is 0.491 e. The Labute approximate surface area is 367 Å². The molecule has 4 atom stereocenters. The van der Waals surface area contributed by atoms with Crippen molar-refractivity contribution in [1.29, 1.82) is 0 Å². The van der Waals surface area contributed by atoms with Gasteiger partial charge in [0.2, 0.25) is 0 Å². The van der Waals surface area contributed by atoms with E-state index in [4.69, 9.17) is 55.1 Å². The van der Waals surface area contributed by atoms with Crippen LogP contribution in [0.3, 0.4) is 0 Å². The summed E-state index contributed by atoms with van der Waals surface area (Å²) in [6.45, 7) is 2.70. The summed E-state index contributed by atoms with van der Waals surface area (Å²) in [5.74, 6) is 4.01. The number of hydrogen-bond acceptors (Lipinski definition) is 17. The summed E-state index contributed by atoms with van der Waals surface area (Å²) in [4.78, 5) is 26.2. The molecule has 0 spiro atoms. The van der Waals surface area contributed by atoms with Gasteiger partial charge in [0.25, 0.3) is 0 Å². The third-order valence-corrected chi connectivity index (χ3v) is 12.7. The van der Waals surface area contributed by atoms with Crippen LogP contribution < -0.4 is 31.2 Å². The molecule has 3 aliphatic rings. The molecule has 63 heavy (non-hydrogen) atoms. The first kappa shape index (κ1) is 41.2. The summed E-state index contributed by atoms with van der Waals surface area (Å²) < 4.78 is 21.4. The van der Waals surface area contributed by atoms with Crippen LogP contribution in [0.2, 0.25) is 0 Å². The number of aliphatic hydroxyl groups excluding tert-OH is 2. The van der Waals surface area contributed by atoms with Crippen LogP contribution in [0.15, 0.2) is 67.1 Å². The number of rotatable bonds is 19. The zero-order chi connectivity index (χ0) is 42.9. The number of anilines is 2. The van der Waals surface area contributed by atoms with Gasteiger partial charge in [-0.15, -0.1) is 11.3 Å². The van der Waals surface area contributed by atoms with Gasteiger partial charge in [-0.3, -0.25) is 0 Å². The molecule has 4 unspecified atom stereocenters. The predicted molar refractivity (Wildman–Crippen MR) is 239 cm³/mol. The van der Waals surface area contributed by atoms with E-state index in [-0.39, 0.29) is 37.8 Å². The molecule has 1 saturated heterocycles. The molecule has 7 aromatic rings. The van der Waals surface area contributed by atoms with Crippen LogP contribution >= 0.6 is 11.3 Å². The summed E-state index contributed by atoms with van der Waals surface area (Å²) in [5.41, 5.74) is 8.72. The lowest BCUT2D eigenvalue weighted by Gasteiger charge is -2.24. The Hall–Kier alpha value is -5.83. The van der Waals surface area contributed by atoms with Crippen molar-refractivity contribution in [3.8, 4) is 34.3 Å². The highest BCUT2D eigenvalue weighted by molar-refractivity contribution is 7.11. The molecule has 2 aliphatic carbocycles. The van der Waals surface area contributed by atoms with E-state index in [1.165, 1.54) is 4.88 Å². The van der Waals surface area contributed by atoms with Crippen molar-refractivity contribution in [2.24, 2.45) is 5.73 Å². The van der Waals surface area contributed by atoms with Gasteiger partial charge in [-0.25, -0.2) is 34.3 Å². The summed E-state index contributed by atoms with van der Waals surface area (Å²) in [6, 6.07) is 15.9. The van der Waals surface area contributed by atoms with Crippen LogP contribution in [-0.4, -0.2) is 120 Å². The van der Waals surface area contributed by atoms with Gasteiger partial charge in [0.15, 0.2) is 22.9 Å². The monoisotopic (exact) mass is 873 g/mol. The zero-order valence-corrected chi connectivity index (χ0v) is 35.7. The summed E-state index contributed by atoms with van der Waals surface area (Å²) in [6.07, 6.45) is 9.14. The molecule has 0 radical (unpaired) electrons. The van der Waals surface area contributed by atoms with E-state index in [1.807, 2.05) is 76.5 Å².